The highest BCUT2D eigenvalue weighted by molar-refractivity contribution is 5.89. The van der Waals surface area contributed by atoms with Gasteiger partial charge in [0.05, 0.1) is 24.4 Å². The van der Waals surface area contributed by atoms with Crippen LogP contribution in [0.15, 0.2) is 18.3 Å². The van der Waals surface area contributed by atoms with Gasteiger partial charge >= 0.3 is 12.0 Å². The fourth-order valence-corrected chi connectivity index (χ4v) is 1.65. The average Bonchev–Trinajstić information content (AvgIpc) is 2.49. The number of hydrogen-bond acceptors (Lipinski definition) is 4. The van der Waals surface area contributed by atoms with Crippen molar-refractivity contribution < 1.29 is 19.4 Å². The molecule has 1 aromatic rings. The lowest BCUT2D eigenvalue weighted by Crippen LogP contribution is -2.36. The number of carboxylic acid groups (broad SMARTS) is 1. The average molecular weight is 309 g/mol. The van der Waals surface area contributed by atoms with Gasteiger partial charge in [-0.1, -0.05) is 20.3 Å². The quantitative estimate of drug-likeness (QED) is 0.720. The molecule has 0 radical (unpaired) electrons. The topological polar surface area (TPSA) is 91.8 Å². The minimum absolute atomic E-state index is 0.132. The summed E-state index contributed by atoms with van der Waals surface area (Å²) in [4.78, 5) is 28.1. The number of anilines is 1. The predicted octanol–water partition coefficient (Wildman–Crippen LogP) is 2.44. The van der Waals surface area contributed by atoms with Crippen LogP contribution in [0.2, 0.25) is 0 Å². The van der Waals surface area contributed by atoms with Crippen LogP contribution in [0, 0.1) is 5.92 Å². The number of aliphatic carboxylic acids is 1. The van der Waals surface area contributed by atoms with Crippen LogP contribution in [-0.4, -0.2) is 47.2 Å². The van der Waals surface area contributed by atoms with Gasteiger partial charge in [0.15, 0.2) is 0 Å². The van der Waals surface area contributed by atoms with E-state index in [1.165, 1.54) is 11.1 Å². The number of unbranched alkanes of at least 4 members (excludes halogenated alkanes) is 1. The van der Waals surface area contributed by atoms with Gasteiger partial charge in [0, 0.05) is 19.7 Å². The Morgan fingerprint density at radius 1 is 1.45 bits per heavy atom. The molecular formula is C15H23N3O4. The summed E-state index contributed by atoms with van der Waals surface area (Å²) < 4.78 is 5.43. The Bertz CT molecular complexity index is 490. The third-order valence-corrected chi connectivity index (χ3v) is 3.05. The maximum absolute atomic E-state index is 11.9. The van der Waals surface area contributed by atoms with Gasteiger partial charge in [-0.2, -0.15) is 0 Å². The molecule has 0 spiro atoms. The molecule has 0 aliphatic carbocycles. The summed E-state index contributed by atoms with van der Waals surface area (Å²) in [6.07, 6.45) is 3.52. The van der Waals surface area contributed by atoms with Crippen LogP contribution in [0.25, 0.3) is 0 Å². The molecule has 0 aliphatic heterocycles. The SMILES string of the molecule is CCCCOc1ccc(NC(=O)N(C)CC(C)C(=O)O)cn1. The summed E-state index contributed by atoms with van der Waals surface area (Å²) in [6.45, 7) is 4.38. The van der Waals surface area contributed by atoms with E-state index in [0.717, 1.165) is 12.8 Å². The minimum atomic E-state index is -0.935. The molecule has 0 saturated heterocycles. The zero-order valence-corrected chi connectivity index (χ0v) is 13.2. The van der Waals surface area contributed by atoms with Crippen LogP contribution in [0.4, 0.5) is 10.5 Å². The first-order valence-electron chi connectivity index (χ1n) is 7.27. The van der Waals surface area contributed by atoms with Gasteiger partial charge in [0.25, 0.3) is 0 Å². The molecule has 0 aromatic carbocycles. The first kappa shape index (κ1) is 17.7. The number of ether oxygens (including phenoxy) is 1. The predicted molar refractivity (Wildman–Crippen MR) is 83.1 cm³/mol. The summed E-state index contributed by atoms with van der Waals surface area (Å²) >= 11 is 0. The molecular weight excluding hydrogens is 286 g/mol. The van der Waals surface area contributed by atoms with E-state index >= 15 is 0 Å². The van der Waals surface area contributed by atoms with Crippen LogP contribution in [-0.2, 0) is 4.79 Å². The van der Waals surface area contributed by atoms with Gasteiger partial charge in [0.2, 0.25) is 5.88 Å². The summed E-state index contributed by atoms with van der Waals surface area (Å²) in [5.41, 5.74) is 0.530. The van der Waals surface area contributed by atoms with E-state index in [4.69, 9.17) is 9.84 Å². The van der Waals surface area contributed by atoms with Crippen LogP contribution in [0.1, 0.15) is 26.7 Å². The molecule has 1 rings (SSSR count). The molecule has 0 fully saturated rings. The number of carbonyl (C=O) groups is 2. The number of aromatic nitrogens is 1. The summed E-state index contributed by atoms with van der Waals surface area (Å²) in [7, 11) is 1.55. The highest BCUT2D eigenvalue weighted by Gasteiger charge is 2.17. The van der Waals surface area contributed by atoms with E-state index in [0.29, 0.717) is 18.2 Å². The molecule has 0 saturated carbocycles. The summed E-state index contributed by atoms with van der Waals surface area (Å²) in [5, 5.41) is 11.5. The Morgan fingerprint density at radius 2 is 2.18 bits per heavy atom. The zero-order valence-electron chi connectivity index (χ0n) is 13.2. The van der Waals surface area contributed by atoms with Crippen LogP contribution < -0.4 is 10.1 Å². The van der Waals surface area contributed by atoms with Crippen molar-refractivity contribution in [3.63, 3.8) is 0 Å². The molecule has 1 heterocycles. The maximum atomic E-state index is 11.9. The molecule has 1 aromatic heterocycles. The zero-order chi connectivity index (χ0) is 16.5. The summed E-state index contributed by atoms with van der Waals surface area (Å²) in [6, 6.07) is 3.00. The van der Waals surface area contributed by atoms with E-state index in [1.54, 1.807) is 26.1 Å². The molecule has 0 bridgehead atoms. The van der Waals surface area contributed by atoms with Gasteiger partial charge < -0.3 is 20.1 Å². The van der Waals surface area contributed by atoms with Crippen molar-refractivity contribution >= 4 is 17.7 Å². The van der Waals surface area contributed by atoms with Crippen LogP contribution in [0.3, 0.4) is 0 Å². The van der Waals surface area contributed by atoms with Crippen molar-refractivity contribution in [3.8, 4) is 5.88 Å². The standard InChI is InChI=1S/C15H23N3O4/c1-4-5-8-22-13-7-6-12(9-16-13)17-15(21)18(3)10-11(2)14(19)20/h6-7,9,11H,4-5,8,10H2,1-3H3,(H,17,21)(H,19,20). The number of urea groups is 1. The Labute approximate surface area is 130 Å². The number of hydrogen-bond donors (Lipinski definition) is 2. The van der Waals surface area contributed by atoms with Crippen molar-refractivity contribution in [2.24, 2.45) is 5.92 Å². The van der Waals surface area contributed by atoms with Crippen molar-refractivity contribution in [2.45, 2.75) is 26.7 Å². The number of nitrogens with zero attached hydrogens (tertiary/aromatic N) is 2. The van der Waals surface area contributed by atoms with Crippen molar-refractivity contribution in [3.05, 3.63) is 18.3 Å². The molecule has 0 aliphatic rings. The van der Waals surface area contributed by atoms with Gasteiger partial charge in [-0.15, -0.1) is 0 Å². The minimum Gasteiger partial charge on any atom is -0.481 e. The highest BCUT2D eigenvalue weighted by atomic mass is 16.5. The lowest BCUT2D eigenvalue weighted by molar-refractivity contribution is -0.141. The molecule has 1 unspecified atom stereocenters. The Kier molecular flexibility index (Phi) is 7.15. The van der Waals surface area contributed by atoms with Gasteiger partial charge in [-0.05, 0) is 12.5 Å². The van der Waals surface area contributed by atoms with E-state index in [1.807, 2.05) is 0 Å². The van der Waals surface area contributed by atoms with E-state index in [9.17, 15) is 9.59 Å². The fraction of sp³-hybridized carbons (Fsp3) is 0.533. The van der Waals surface area contributed by atoms with Crippen LogP contribution in [0.5, 0.6) is 5.88 Å². The fourth-order valence-electron chi connectivity index (χ4n) is 1.65. The van der Waals surface area contributed by atoms with E-state index in [2.05, 4.69) is 17.2 Å². The van der Waals surface area contributed by atoms with Crippen molar-refractivity contribution in [1.29, 1.82) is 0 Å². The lowest BCUT2D eigenvalue weighted by atomic mass is 10.2. The second-order valence-electron chi connectivity index (χ2n) is 5.14. The molecule has 1 atom stereocenters. The number of pyridine rings is 1. The summed E-state index contributed by atoms with van der Waals surface area (Å²) in [5.74, 6) is -1.04. The smallest absolute Gasteiger partial charge is 0.321 e. The molecule has 22 heavy (non-hydrogen) atoms. The number of nitrogens with one attached hydrogen (secondary N) is 1. The Balaban J connectivity index is 2.48. The molecule has 2 amide bonds. The van der Waals surface area contributed by atoms with E-state index < -0.39 is 11.9 Å². The van der Waals surface area contributed by atoms with Gasteiger partial charge in [-0.25, -0.2) is 9.78 Å². The van der Waals surface area contributed by atoms with Crippen molar-refractivity contribution in [1.82, 2.24) is 9.88 Å². The maximum Gasteiger partial charge on any atom is 0.321 e. The Hall–Kier alpha value is -2.31. The first-order chi connectivity index (χ1) is 10.4. The molecule has 122 valence electrons. The Morgan fingerprint density at radius 3 is 2.73 bits per heavy atom. The highest BCUT2D eigenvalue weighted by Crippen LogP contribution is 2.12. The lowest BCUT2D eigenvalue weighted by Gasteiger charge is -2.19. The normalized spacial score (nSPS) is 11.6. The monoisotopic (exact) mass is 309 g/mol. The first-order valence-corrected chi connectivity index (χ1v) is 7.27. The number of carbonyl (C=O) groups excluding carboxylic acids is 1. The van der Waals surface area contributed by atoms with Gasteiger partial charge in [0.1, 0.15) is 0 Å². The molecule has 7 nitrogen and oxygen atoms in total. The number of rotatable bonds is 8. The third kappa shape index (κ3) is 5.99. The second kappa shape index (κ2) is 8.86. The van der Waals surface area contributed by atoms with Crippen LogP contribution >= 0.6 is 0 Å². The van der Waals surface area contributed by atoms with Gasteiger partial charge in [-0.3, -0.25) is 4.79 Å². The van der Waals surface area contributed by atoms with Crippen molar-refractivity contribution in [2.75, 3.05) is 25.5 Å². The molecule has 2 N–H and O–H groups in total. The third-order valence-electron chi connectivity index (χ3n) is 3.05. The largest absolute Gasteiger partial charge is 0.481 e. The van der Waals surface area contributed by atoms with E-state index in [-0.39, 0.29) is 12.6 Å². The number of carboxylic acids is 1. The molecule has 7 heteroatoms. The second-order valence-corrected chi connectivity index (χ2v) is 5.14. The number of amides is 2.